The number of urea groups is 1. The van der Waals surface area contributed by atoms with E-state index >= 15 is 0 Å². The number of carbonyl (C=O) groups excluding carboxylic acids is 2. The van der Waals surface area contributed by atoms with E-state index in [9.17, 15) is 9.59 Å². The van der Waals surface area contributed by atoms with E-state index in [1.165, 1.54) is 0 Å². The number of benzene rings is 1. The third kappa shape index (κ3) is 2.21. The smallest absolute Gasteiger partial charge is 0.319 e. The molecule has 2 aliphatic rings. The highest BCUT2D eigenvalue weighted by molar-refractivity contribution is 6.30. The predicted octanol–water partition coefficient (Wildman–Crippen LogP) is 2.24. The number of hydrogen-bond acceptors (Lipinski definition) is 3. The van der Waals surface area contributed by atoms with Crippen LogP contribution in [0.3, 0.4) is 0 Å². The van der Waals surface area contributed by atoms with E-state index in [0.29, 0.717) is 35.8 Å². The van der Waals surface area contributed by atoms with Crippen molar-refractivity contribution in [2.24, 2.45) is 0 Å². The molecular weight excluding hydrogens is 340 g/mol. The van der Waals surface area contributed by atoms with E-state index in [1.807, 2.05) is 12.1 Å². The van der Waals surface area contributed by atoms with Crippen molar-refractivity contribution < 1.29 is 9.59 Å². The molecule has 0 aliphatic carbocycles. The highest BCUT2D eigenvalue weighted by atomic mass is 35.5. The lowest BCUT2D eigenvalue weighted by Crippen LogP contribution is -2.60. The molecule has 1 saturated heterocycles. The van der Waals surface area contributed by atoms with Crippen LogP contribution in [0.15, 0.2) is 42.6 Å². The van der Waals surface area contributed by atoms with Gasteiger partial charge < -0.3 is 10.2 Å². The van der Waals surface area contributed by atoms with Crippen LogP contribution in [-0.4, -0.2) is 46.9 Å². The average Bonchev–Trinajstić information content (AvgIpc) is 3.02. The number of halogens is 1. The molecule has 1 fully saturated rings. The monoisotopic (exact) mass is 356 g/mol. The Hall–Kier alpha value is -2.60. The molecule has 0 saturated carbocycles. The number of carbonyl (C=O) groups is 2. The third-order valence-electron chi connectivity index (χ3n) is 4.99. The molecule has 2 aromatic rings. The van der Waals surface area contributed by atoms with Gasteiger partial charge in [-0.3, -0.25) is 14.7 Å². The molecule has 25 heavy (non-hydrogen) atoms. The van der Waals surface area contributed by atoms with Crippen LogP contribution in [0.2, 0.25) is 5.02 Å². The maximum Gasteiger partial charge on any atom is 0.319 e. The molecule has 1 atom stereocenters. The Kier molecular flexibility index (Phi) is 3.65. The fourth-order valence-corrected chi connectivity index (χ4v) is 3.99. The Labute approximate surface area is 150 Å². The van der Waals surface area contributed by atoms with Gasteiger partial charge >= 0.3 is 6.03 Å². The number of nitrogens with one attached hydrogen (secondary N) is 1. The van der Waals surface area contributed by atoms with Crippen molar-refractivity contribution >= 4 is 23.5 Å². The second-order valence-corrected chi connectivity index (χ2v) is 6.60. The van der Waals surface area contributed by atoms with Gasteiger partial charge in [-0.25, -0.2) is 4.79 Å². The largest absolute Gasteiger partial charge is 0.341 e. The molecule has 2 aliphatic heterocycles. The third-order valence-corrected chi connectivity index (χ3v) is 5.24. The summed E-state index contributed by atoms with van der Waals surface area (Å²) in [4.78, 5) is 33.6. The second kappa shape index (κ2) is 5.74. The first-order valence-electron chi connectivity index (χ1n) is 8.09. The summed E-state index contributed by atoms with van der Waals surface area (Å²) in [6, 6.07) is 10.6. The van der Waals surface area contributed by atoms with Crippen molar-refractivity contribution in [2.45, 2.75) is 12.1 Å². The van der Waals surface area contributed by atoms with Crippen molar-refractivity contribution in [2.75, 3.05) is 20.1 Å². The minimum atomic E-state index is -0.886. The van der Waals surface area contributed by atoms with Crippen LogP contribution in [0, 0.1) is 0 Å². The summed E-state index contributed by atoms with van der Waals surface area (Å²) in [5.74, 6) is -0.101. The first-order valence-corrected chi connectivity index (χ1v) is 8.47. The van der Waals surface area contributed by atoms with Crippen molar-refractivity contribution in [3.05, 3.63) is 64.4 Å². The Morgan fingerprint density at radius 1 is 1.24 bits per heavy atom. The standard InChI is InChI=1S/C18H17ClN4O2/c1-20-17(25)23-10-9-22-16(24)14-3-2-8-21-15(14)11-18(22,23)12-4-6-13(19)7-5-12/h2-8H,9-11H2,1H3,(H,20,25). The normalized spacial score (nSPS) is 21.8. The van der Waals surface area contributed by atoms with Gasteiger partial charge in [0.1, 0.15) is 0 Å². The average molecular weight is 357 g/mol. The van der Waals surface area contributed by atoms with Crippen LogP contribution in [0.4, 0.5) is 4.79 Å². The molecule has 0 radical (unpaired) electrons. The Balaban J connectivity index is 1.93. The van der Waals surface area contributed by atoms with E-state index < -0.39 is 5.66 Å². The quantitative estimate of drug-likeness (QED) is 0.852. The number of rotatable bonds is 1. The van der Waals surface area contributed by atoms with Gasteiger partial charge in [0.15, 0.2) is 5.66 Å². The minimum Gasteiger partial charge on any atom is -0.341 e. The molecule has 0 bridgehead atoms. The Bertz CT molecular complexity index is 854. The zero-order chi connectivity index (χ0) is 17.6. The molecule has 0 spiro atoms. The summed E-state index contributed by atoms with van der Waals surface area (Å²) in [7, 11) is 1.59. The molecule has 6 nitrogen and oxygen atoms in total. The molecule has 1 aromatic heterocycles. The zero-order valence-corrected chi connectivity index (χ0v) is 14.5. The fourth-order valence-electron chi connectivity index (χ4n) is 3.86. The van der Waals surface area contributed by atoms with Gasteiger partial charge in [-0.05, 0) is 29.8 Å². The Morgan fingerprint density at radius 3 is 2.72 bits per heavy atom. The van der Waals surface area contributed by atoms with Crippen molar-refractivity contribution in [3.63, 3.8) is 0 Å². The maximum absolute atomic E-state index is 13.1. The zero-order valence-electron chi connectivity index (χ0n) is 13.7. The van der Waals surface area contributed by atoms with Crippen molar-refractivity contribution in [1.82, 2.24) is 20.1 Å². The molecule has 7 heteroatoms. The summed E-state index contributed by atoms with van der Waals surface area (Å²) in [6.45, 7) is 0.936. The first kappa shape index (κ1) is 15.9. The number of pyridine rings is 1. The lowest BCUT2D eigenvalue weighted by Gasteiger charge is -2.46. The van der Waals surface area contributed by atoms with Crippen LogP contribution in [0.25, 0.3) is 0 Å². The molecule has 1 aromatic carbocycles. The highest BCUT2D eigenvalue weighted by Gasteiger charge is 2.56. The van der Waals surface area contributed by atoms with Crippen LogP contribution in [0.1, 0.15) is 21.6 Å². The minimum absolute atomic E-state index is 0.101. The number of hydrogen-bond donors (Lipinski definition) is 1. The first-order chi connectivity index (χ1) is 12.1. The number of aromatic nitrogens is 1. The van der Waals surface area contributed by atoms with Crippen molar-refractivity contribution in [1.29, 1.82) is 0 Å². The second-order valence-electron chi connectivity index (χ2n) is 6.16. The lowest BCUT2D eigenvalue weighted by atomic mass is 9.86. The van der Waals surface area contributed by atoms with Crippen LogP contribution in [-0.2, 0) is 12.1 Å². The number of fused-ring (bicyclic) bond motifs is 2. The fraction of sp³-hybridized carbons (Fsp3) is 0.278. The van der Waals surface area contributed by atoms with Gasteiger partial charge in [-0.1, -0.05) is 23.7 Å². The van der Waals surface area contributed by atoms with Gasteiger partial charge in [0.25, 0.3) is 5.91 Å². The van der Waals surface area contributed by atoms with Crippen LogP contribution < -0.4 is 5.32 Å². The van der Waals surface area contributed by atoms with E-state index in [4.69, 9.17) is 11.6 Å². The summed E-state index contributed by atoms with van der Waals surface area (Å²) in [5.41, 5.74) is 1.27. The number of nitrogens with zero attached hydrogens (tertiary/aromatic N) is 3. The topological polar surface area (TPSA) is 65.5 Å². The van der Waals surface area contributed by atoms with Gasteiger partial charge in [0.05, 0.1) is 11.3 Å². The SMILES string of the molecule is CNC(=O)N1CCN2C(=O)c3cccnc3CC12c1ccc(Cl)cc1. The van der Waals surface area contributed by atoms with E-state index in [2.05, 4.69) is 10.3 Å². The molecule has 3 heterocycles. The summed E-state index contributed by atoms with van der Waals surface area (Å²) in [5, 5.41) is 3.30. The van der Waals surface area contributed by atoms with Crippen molar-refractivity contribution in [3.8, 4) is 0 Å². The van der Waals surface area contributed by atoms with Crippen LogP contribution >= 0.6 is 11.6 Å². The van der Waals surface area contributed by atoms with Gasteiger partial charge in [-0.15, -0.1) is 0 Å². The maximum atomic E-state index is 13.1. The van der Waals surface area contributed by atoms with E-state index in [0.717, 1.165) is 5.56 Å². The van der Waals surface area contributed by atoms with Gasteiger partial charge in [-0.2, -0.15) is 0 Å². The highest BCUT2D eigenvalue weighted by Crippen LogP contribution is 2.44. The summed E-state index contributed by atoms with van der Waals surface area (Å²) < 4.78 is 0. The summed E-state index contributed by atoms with van der Waals surface area (Å²) in [6.07, 6.45) is 2.13. The predicted molar refractivity (Wildman–Crippen MR) is 93.3 cm³/mol. The summed E-state index contributed by atoms with van der Waals surface area (Å²) >= 11 is 6.04. The number of amides is 3. The van der Waals surface area contributed by atoms with E-state index in [1.54, 1.807) is 47.3 Å². The van der Waals surface area contributed by atoms with Crippen LogP contribution in [0.5, 0.6) is 0 Å². The van der Waals surface area contributed by atoms with E-state index in [-0.39, 0.29) is 11.9 Å². The molecule has 3 amide bonds. The molecule has 1 N–H and O–H groups in total. The molecule has 1 unspecified atom stereocenters. The van der Waals surface area contributed by atoms with Gasteiger partial charge in [0, 0.05) is 37.8 Å². The molecule has 4 rings (SSSR count). The Morgan fingerprint density at radius 2 is 2.00 bits per heavy atom. The lowest BCUT2D eigenvalue weighted by molar-refractivity contribution is 0.0198. The molecular formula is C18H17ClN4O2. The van der Waals surface area contributed by atoms with Gasteiger partial charge in [0.2, 0.25) is 0 Å². The molecule has 128 valence electrons.